The summed E-state index contributed by atoms with van der Waals surface area (Å²) in [4.78, 5) is 59.8. The summed E-state index contributed by atoms with van der Waals surface area (Å²) >= 11 is 13.1. The van der Waals surface area contributed by atoms with Gasteiger partial charge in [0.1, 0.15) is 8.64 Å². The lowest BCUT2D eigenvalue weighted by Gasteiger charge is -2.30. The van der Waals surface area contributed by atoms with E-state index in [0.29, 0.717) is 21.7 Å². The van der Waals surface area contributed by atoms with Crippen LogP contribution < -0.4 is 9.80 Å². The number of fused-ring (bicyclic) bond motifs is 2. The molecule has 0 bridgehead atoms. The van der Waals surface area contributed by atoms with Crippen molar-refractivity contribution in [2.45, 2.75) is 38.5 Å². The second-order valence-corrected chi connectivity index (χ2v) is 13.7. The van der Waals surface area contributed by atoms with Gasteiger partial charge in [-0.3, -0.25) is 29.0 Å². The number of carbonyl (C=O) groups is 4. The third kappa shape index (κ3) is 5.52. The van der Waals surface area contributed by atoms with Crippen molar-refractivity contribution in [1.29, 1.82) is 0 Å². The fourth-order valence-electron chi connectivity index (χ4n) is 5.73. The number of para-hydroxylation sites is 2. The summed E-state index contributed by atoms with van der Waals surface area (Å²) in [5.41, 5.74) is 4.14. The van der Waals surface area contributed by atoms with Gasteiger partial charge in [0, 0.05) is 50.4 Å². The van der Waals surface area contributed by atoms with E-state index in [-0.39, 0.29) is 47.6 Å². The molecule has 0 unspecified atom stereocenters. The summed E-state index contributed by atoms with van der Waals surface area (Å²) in [6.45, 7) is 1.56. The Morgan fingerprint density at radius 2 is 1.07 bits per heavy atom. The molecular formula is C30H28N4O4S4. The molecule has 0 saturated carbocycles. The van der Waals surface area contributed by atoms with Crippen LogP contribution in [0.25, 0.3) is 0 Å². The predicted molar refractivity (Wildman–Crippen MR) is 174 cm³/mol. The van der Waals surface area contributed by atoms with Gasteiger partial charge in [-0.05, 0) is 48.9 Å². The van der Waals surface area contributed by atoms with E-state index in [4.69, 9.17) is 24.4 Å². The molecule has 4 amide bonds. The van der Waals surface area contributed by atoms with Crippen LogP contribution in [0.3, 0.4) is 0 Å². The van der Waals surface area contributed by atoms with Crippen LogP contribution in [0.2, 0.25) is 0 Å². The Labute approximate surface area is 263 Å². The first-order valence-corrected chi connectivity index (χ1v) is 16.4. The van der Waals surface area contributed by atoms with Gasteiger partial charge in [0.15, 0.2) is 0 Å². The van der Waals surface area contributed by atoms with Gasteiger partial charge in [-0.1, -0.05) is 84.4 Å². The third-order valence-corrected chi connectivity index (χ3v) is 10.9. The van der Waals surface area contributed by atoms with Crippen molar-refractivity contribution >= 4 is 91.6 Å². The Hall–Kier alpha value is -3.06. The van der Waals surface area contributed by atoms with Crippen LogP contribution in [0.1, 0.15) is 36.8 Å². The highest BCUT2D eigenvalue weighted by Gasteiger charge is 2.42. The number of thiocarbonyl (C=S) groups is 2. The molecule has 2 aromatic carbocycles. The van der Waals surface area contributed by atoms with Crippen LogP contribution in [0.5, 0.6) is 0 Å². The molecule has 2 aromatic rings. The lowest BCUT2D eigenvalue weighted by atomic mass is 10.0. The molecule has 0 spiro atoms. The van der Waals surface area contributed by atoms with Crippen LogP contribution in [0, 0.1) is 0 Å². The molecule has 2 fully saturated rings. The minimum Gasteiger partial charge on any atom is -0.312 e. The first-order valence-electron chi connectivity index (χ1n) is 13.9. The maximum absolute atomic E-state index is 13.4. The molecule has 12 heteroatoms. The van der Waals surface area contributed by atoms with Crippen LogP contribution in [0.4, 0.5) is 11.4 Å². The second kappa shape index (κ2) is 12.3. The molecule has 8 nitrogen and oxygen atoms in total. The lowest BCUT2D eigenvalue weighted by molar-refractivity contribution is -0.126. The van der Waals surface area contributed by atoms with E-state index >= 15 is 0 Å². The smallest absolute Gasteiger partial charge is 0.267 e. The van der Waals surface area contributed by atoms with Crippen molar-refractivity contribution < 1.29 is 19.2 Å². The number of anilines is 2. The van der Waals surface area contributed by atoms with Crippen LogP contribution >= 0.6 is 48.0 Å². The number of carbonyl (C=O) groups excluding carboxylic acids is 4. The molecule has 42 heavy (non-hydrogen) atoms. The van der Waals surface area contributed by atoms with Gasteiger partial charge < -0.3 is 9.80 Å². The van der Waals surface area contributed by atoms with Gasteiger partial charge in [0.25, 0.3) is 11.8 Å². The van der Waals surface area contributed by atoms with E-state index in [2.05, 4.69) is 0 Å². The number of nitrogens with zero attached hydrogens (tertiary/aromatic N) is 4. The number of benzene rings is 2. The van der Waals surface area contributed by atoms with Crippen molar-refractivity contribution in [2.24, 2.45) is 0 Å². The highest BCUT2D eigenvalue weighted by Crippen LogP contribution is 2.42. The number of thioether (sulfide) groups is 2. The topological polar surface area (TPSA) is 81.2 Å². The van der Waals surface area contributed by atoms with Crippen LogP contribution in [0.15, 0.2) is 58.3 Å². The lowest BCUT2D eigenvalue weighted by Crippen LogP contribution is -2.39. The quantitative estimate of drug-likeness (QED) is 0.335. The van der Waals surface area contributed by atoms with Crippen molar-refractivity contribution in [2.75, 3.05) is 36.0 Å². The van der Waals surface area contributed by atoms with E-state index in [9.17, 15) is 19.2 Å². The average molecular weight is 637 g/mol. The number of aryl methyl sites for hydroxylation is 2. The molecule has 2 saturated heterocycles. The highest BCUT2D eigenvalue weighted by molar-refractivity contribution is 8.29. The molecule has 0 aromatic heterocycles. The Balaban J connectivity index is 1.09. The Morgan fingerprint density at radius 1 is 0.667 bits per heavy atom. The summed E-state index contributed by atoms with van der Waals surface area (Å²) in [5.74, 6) is -0.913. The zero-order valence-corrected chi connectivity index (χ0v) is 26.0. The Morgan fingerprint density at radius 3 is 1.50 bits per heavy atom. The van der Waals surface area contributed by atoms with Gasteiger partial charge in [-0.25, -0.2) is 0 Å². The summed E-state index contributed by atoms with van der Waals surface area (Å²) < 4.78 is 0.622. The zero-order chi connectivity index (χ0) is 29.4. The maximum Gasteiger partial charge on any atom is 0.267 e. The normalized spacial score (nSPS) is 20.4. The van der Waals surface area contributed by atoms with Crippen molar-refractivity contribution in [3.05, 3.63) is 69.5 Å². The third-order valence-electron chi connectivity index (χ3n) is 7.83. The minimum atomic E-state index is -0.390. The van der Waals surface area contributed by atoms with Gasteiger partial charge in [-0.2, -0.15) is 0 Å². The Kier molecular flexibility index (Phi) is 8.49. The SMILES string of the molecule is O=C1/C(=C2\SC(=S)N(CCC(=O)N3CCCc4ccccc43)C2=O)SC(=S)N1CCC(=O)N1CCCc2ccccc21. The van der Waals surface area contributed by atoms with Crippen molar-refractivity contribution in [1.82, 2.24) is 9.80 Å². The molecule has 6 rings (SSSR count). The van der Waals surface area contributed by atoms with Crippen LogP contribution in [-0.2, 0) is 32.0 Å². The molecule has 0 atom stereocenters. The number of hydrogen-bond donors (Lipinski definition) is 0. The van der Waals surface area contributed by atoms with E-state index in [1.807, 2.05) is 48.5 Å². The largest absolute Gasteiger partial charge is 0.312 e. The van der Waals surface area contributed by atoms with E-state index in [0.717, 1.165) is 71.7 Å². The molecular weight excluding hydrogens is 609 g/mol. The predicted octanol–water partition coefficient (Wildman–Crippen LogP) is 4.66. The summed E-state index contributed by atoms with van der Waals surface area (Å²) in [6, 6.07) is 15.8. The molecule has 0 aliphatic carbocycles. The highest BCUT2D eigenvalue weighted by atomic mass is 32.2. The van der Waals surface area contributed by atoms with Crippen molar-refractivity contribution in [3.8, 4) is 0 Å². The average Bonchev–Trinajstić information content (AvgIpc) is 3.45. The standard InChI is InChI=1S/C30H28N4O4S4/c35-23(31-15-5-9-19-7-1-3-11-21(19)31)13-17-33-27(37)25(41-29(33)39)26-28(38)34(30(40)42-26)18-14-24(36)32-16-6-10-20-8-2-4-12-22(20)32/h1-4,7-8,11-12H,5-6,9-10,13-18H2/b26-25+. The summed E-state index contributed by atoms with van der Waals surface area (Å²) in [7, 11) is 0. The van der Waals surface area contributed by atoms with Gasteiger partial charge in [0.05, 0.1) is 9.81 Å². The van der Waals surface area contributed by atoms with Crippen molar-refractivity contribution in [3.63, 3.8) is 0 Å². The summed E-state index contributed by atoms with van der Waals surface area (Å²) in [5, 5.41) is 0. The molecule has 0 radical (unpaired) electrons. The number of amides is 4. The molecule has 216 valence electrons. The van der Waals surface area contributed by atoms with Gasteiger partial charge in [-0.15, -0.1) is 0 Å². The van der Waals surface area contributed by atoms with Gasteiger partial charge >= 0.3 is 0 Å². The molecule has 0 N–H and O–H groups in total. The first-order chi connectivity index (χ1) is 20.3. The number of hydrogen-bond acceptors (Lipinski definition) is 8. The Bertz CT molecular complexity index is 1440. The second-order valence-electron chi connectivity index (χ2n) is 10.4. The zero-order valence-electron chi connectivity index (χ0n) is 22.7. The van der Waals surface area contributed by atoms with Crippen LogP contribution in [-0.4, -0.2) is 68.2 Å². The van der Waals surface area contributed by atoms with E-state index in [1.165, 1.54) is 9.80 Å². The van der Waals surface area contributed by atoms with E-state index < -0.39 is 11.8 Å². The fourth-order valence-corrected chi connectivity index (χ4v) is 8.50. The number of rotatable bonds is 6. The molecule has 4 heterocycles. The van der Waals surface area contributed by atoms with Gasteiger partial charge in [0.2, 0.25) is 11.8 Å². The molecule has 4 aliphatic heterocycles. The molecule has 4 aliphatic rings. The monoisotopic (exact) mass is 636 g/mol. The summed E-state index contributed by atoms with van der Waals surface area (Å²) in [6.07, 6.45) is 3.90. The maximum atomic E-state index is 13.4. The first kappa shape index (κ1) is 29.0. The fraction of sp³-hybridized carbons (Fsp3) is 0.333. The van der Waals surface area contributed by atoms with E-state index in [1.54, 1.807) is 9.80 Å². The minimum absolute atomic E-state index is 0.0662.